The van der Waals surface area contributed by atoms with Gasteiger partial charge in [0.05, 0.1) is 5.56 Å². The Labute approximate surface area is 166 Å². The lowest BCUT2D eigenvalue weighted by Crippen LogP contribution is -2.52. The second kappa shape index (κ2) is 8.52. The number of carbonyl (C=O) groups is 2. The fourth-order valence-corrected chi connectivity index (χ4v) is 3.47. The van der Waals surface area contributed by atoms with Crippen molar-refractivity contribution >= 4 is 17.6 Å². The second-order valence-electron chi connectivity index (χ2n) is 6.74. The molecule has 1 fully saturated rings. The number of nitrogens with two attached hydrogens (primary N) is 1. The fourth-order valence-electron chi connectivity index (χ4n) is 3.47. The summed E-state index contributed by atoms with van der Waals surface area (Å²) in [6.45, 7) is 1.74. The van der Waals surface area contributed by atoms with Crippen LogP contribution in [0.5, 0.6) is 0 Å². The lowest BCUT2D eigenvalue weighted by Gasteiger charge is -2.39. The highest BCUT2D eigenvalue weighted by Gasteiger charge is 2.33. The first-order valence-corrected chi connectivity index (χ1v) is 9.07. The first-order chi connectivity index (χ1) is 13.8. The van der Waals surface area contributed by atoms with E-state index in [1.807, 2.05) is 15.9 Å². The second-order valence-corrected chi connectivity index (χ2v) is 6.74. The number of hydrogen-bond donors (Lipinski definition) is 2. The molecule has 1 heterocycles. The topological polar surface area (TPSA) is 78.7 Å². The van der Waals surface area contributed by atoms with Crippen molar-refractivity contribution in [1.29, 1.82) is 0 Å². The molecule has 0 aromatic heterocycles. The van der Waals surface area contributed by atoms with E-state index in [0.717, 1.165) is 12.1 Å². The summed E-state index contributed by atoms with van der Waals surface area (Å²) in [5.41, 5.74) is 5.59. The van der Waals surface area contributed by atoms with Crippen molar-refractivity contribution in [2.45, 2.75) is 12.2 Å². The highest BCUT2D eigenvalue weighted by atomic mass is 19.4. The Hall–Kier alpha value is -3.07. The molecule has 3 N–H and O–H groups in total. The van der Waals surface area contributed by atoms with Crippen LogP contribution in [0.1, 0.15) is 17.2 Å². The van der Waals surface area contributed by atoms with E-state index in [4.69, 9.17) is 5.73 Å². The van der Waals surface area contributed by atoms with E-state index in [-0.39, 0.29) is 0 Å². The lowest BCUT2D eigenvalue weighted by atomic mass is 10.0. The number of carbonyl (C=O) groups excluding carboxylic acids is 2. The van der Waals surface area contributed by atoms with Crippen LogP contribution in [0.2, 0.25) is 0 Å². The molecule has 2 aromatic carbocycles. The molecule has 154 valence electrons. The van der Waals surface area contributed by atoms with Gasteiger partial charge in [0.15, 0.2) is 0 Å². The number of anilines is 1. The van der Waals surface area contributed by atoms with E-state index in [9.17, 15) is 22.8 Å². The minimum absolute atomic E-state index is 0.433. The van der Waals surface area contributed by atoms with Crippen molar-refractivity contribution < 1.29 is 22.8 Å². The number of benzene rings is 2. The minimum Gasteiger partial charge on any atom is -0.369 e. The Morgan fingerprint density at radius 1 is 0.966 bits per heavy atom. The minimum atomic E-state index is -4.40. The van der Waals surface area contributed by atoms with Gasteiger partial charge in [-0.25, -0.2) is 4.79 Å². The molecule has 0 saturated carbocycles. The SMILES string of the molecule is NC(=O)NC(=O)[C@H](c1ccccc1)N1CCN(c2cccc(C(F)(F)F)c2)CC1. The van der Waals surface area contributed by atoms with Gasteiger partial charge >= 0.3 is 12.2 Å². The molecule has 0 radical (unpaired) electrons. The quantitative estimate of drug-likeness (QED) is 0.819. The van der Waals surface area contributed by atoms with E-state index in [2.05, 4.69) is 5.32 Å². The van der Waals surface area contributed by atoms with Crippen LogP contribution >= 0.6 is 0 Å². The molecule has 3 amide bonds. The van der Waals surface area contributed by atoms with Crippen molar-refractivity contribution in [3.8, 4) is 0 Å². The predicted molar refractivity (Wildman–Crippen MR) is 102 cm³/mol. The van der Waals surface area contributed by atoms with E-state index >= 15 is 0 Å². The summed E-state index contributed by atoms with van der Waals surface area (Å²) in [4.78, 5) is 27.5. The van der Waals surface area contributed by atoms with Crippen LogP contribution in [0.3, 0.4) is 0 Å². The van der Waals surface area contributed by atoms with Crippen LogP contribution < -0.4 is 16.0 Å². The maximum atomic E-state index is 13.0. The summed E-state index contributed by atoms with van der Waals surface area (Å²) in [7, 11) is 0. The van der Waals surface area contributed by atoms with Gasteiger partial charge in [-0.05, 0) is 23.8 Å². The molecule has 1 atom stereocenters. The molecule has 2 aromatic rings. The molecule has 0 aliphatic carbocycles. The van der Waals surface area contributed by atoms with Gasteiger partial charge in [0, 0.05) is 31.9 Å². The van der Waals surface area contributed by atoms with Gasteiger partial charge in [-0.1, -0.05) is 36.4 Å². The molecule has 0 bridgehead atoms. The van der Waals surface area contributed by atoms with Crippen molar-refractivity contribution in [3.05, 3.63) is 65.7 Å². The largest absolute Gasteiger partial charge is 0.416 e. The zero-order chi connectivity index (χ0) is 21.0. The normalized spacial score (nSPS) is 16.3. The van der Waals surface area contributed by atoms with Gasteiger partial charge in [0.1, 0.15) is 6.04 Å². The fraction of sp³-hybridized carbons (Fsp3) is 0.300. The number of imide groups is 1. The van der Waals surface area contributed by atoms with Crippen LogP contribution in [-0.4, -0.2) is 43.0 Å². The summed E-state index contributed by atoms with van der Waals surface area (Å²) in [6, 6.07) is 12.5. The number of alkyl halides is 3. The number of nitrogens with zero attached hydrogens (tertiary/aromatic N) is 2. The molecule has 29 heavy (non-hydrogen) atoms. The van der Waals surface area contributed by atoms with Crippen molar-refractivity contribution in [2.75, 3.05) is 31.1 Å². The number of halogens is 3. The first kappa shape index (κ1) is 20.7. The van der Waals surface area contributed by atoms with Gasteiger partial charge < -0.3 is 10.6 Å². The number of amides is 3. The van der Waals surface area contributed by atoms with Crippen molar-refractivity contribution in [3.63, 3.8) is 0 Å². The van der Waals surface area contributed by atoms with Crippen LogP contribution in [0.4, 0.5) is 23.7 Å². The summed E-state index contributed by atoms with van der Waals surface area (Å²) >= 11 is 0. The molecule has 3 rings (SSSR count). The molecule has 1 aliphatic rings. The van der Waals surface area contributed by atoms with Crippen LogP contribution in [0.15, 0.2) is 54.6 Å². The zero-order valence-corrected chi connectivity index (χ0v) is 15.5. The van der Waals surface area contributed by atoms with E-state index in [0.29, 0.717) is 37.4 Å². The Morgan fingerprint density at radius 3 is 2.21 bits per heavy atom. The Balaban J connectivity index is 1.75. The third kappa shape index (κ3) is 5.05. The Morgan fingerprint density at radius 2 is 1.62 bits per heavy atom. The maximum Gasteiger partial charge on any atom is 0.416 e. The van der Waals surface area contributed by atoms with Gasteiger partial charge in [-0.3, -0.25) is 15.0 Å². The summed E-state index contributed by atoms with van der Waals surface area (Å²) in [5.74, 6) is -0.531. The third-order valence-electron chi connectivity index (χ3n) is 4.83. The first-order valence-electron chi connectivity index (χ1n) is 9.07. The monoisotopic (exact) mass is 406 g/mol. The van der Waals surface area contributed by atoms with Crippen LogP contribution in [0.25, 0.3) is 0 Å². The number of primary amides is 1. The van der Waals surface area contributed by atoms with Gasteiger partial charge in [-0.15, -0.1) is 0 Å². The molecule has 6 nitrogen and oxygen atoms in total. The highest BCUT2D eigenvalue weighted by molar-refractivity contribution is 5.96. The number of nitrogens with one attached hydrogen (secondary N) is 1. The Kier molecular flexibility index (Phi) is 6.07. The number of urea groups is 1. The van der Waals surface area contributed by atoms with E-state index < -0.39 is 29.7 Å². The molecule has 1 aliphatic heterocycles. The van der Waals surface area contributed by atoms with Crippen LogP contribution in [0, 0.1) is 0 Å². The summed E-state index contributed by atoms with van der Waals surface area (Å²) < 4.78 is 38.9. The van der Waals surface area contributed by atoms with Gasteiger partial charge in [-0.2, -0.15) is 13.2 Å². The molecule has 9 heteroatoms. The molecule has 1 saturated heterocycles. The van der Waals surface area contributed by atoms with Crippen molar-refractivity contribution in [1.82, 2.24) is 10.2 Å². The molecular weight excluding hydrogens is 385 g/mol. The Bertz CT molecular complexity index is 866. The third-order valence-corrected chi connectivity index (χ3v) is 4.83. The number of rotatable bonds is 4. The maximum absolute atomic E-state index is 13.0. The molecule has 0 spiro atoms. The number of hydrogen-bond acceptors (Lipinski definition) is 4. The molecule has 0 unspecified atom stereocenters. The lowest BCUT2D eigenvalue weighted by molar-refractivity contribution is -0.137. The van der Waals surface area contributed by atoms with Gasteiger partial charge in [0.25, 0.3) is 0 Å². The predicted octanol–water partition coefficient (Wildman–Crippen LogP) is 2.76. The number of piperazine rings is 1. The summed E-state index contributed by atoms with van der Waals surface area (Å²) in [6.07, 6.45) is -4.40. The van der Waals surface area contributed by atoms with Crippen molar-refractivity contribution in [2.24, 2.45) is 5.73 Å². The van der Waals surface area contributed by atoms with Gasteiger partial charge in [0.2, 0.25) is 5.91 Å². The average Bonchev–Trinajstić information content (AvgIpc) is 2.68. The van der Waals surface area contributed by atoms with Crippen LogP contribution in [-0.2, 0) is 11.0 Å². The standard InChI is InChI=1S/C20H21F3N4O2/c21-20(22,23)15-7-4-8-16(13-15)26-9-11-27(12-10-26)17(18(28)25-19(24)29)14-5-2-1-3-6-14/h1-8,13,17H,9-12H2,(H3,24,25,28,29)/t17-/m0/s1. The van der Waals surface area contributed by atoms with E-state index in [1.54, 1.807) is 30.3 Å². The smallest absolute Gasteiger partial charge is 0.369 e. The average molecular weight is 406 g/mol. The highest BCUT2D eigenvalue weighted by Crippen LogP contribution is 2.32. The zero-order valence-electron chi connectivity index (χ0n) is 15.5. The summed E-state index contributed by atoms with van der Waals surface area (Å²) in [5, 5.41) is 2.13. The molecular formula is C20H21F3N4O2. The van der Waals surface area contributed by atoms with E-state index in [1.165, 1.54) is 6.07 Å².